The molecular weight excluding hydrogens is 224 g/mol. The number of phenolic OH excluding ortho intramolecular Hbond substituents is 1. The van der Waals surface area contributed by atoms with Gasteiger partial charge < -0.3 is 9.67 Å². The van der Waals surface area contributed by atoms with Gasteiger partial charge in [-0.3, -0.25) is 0 Å². The van der Waals surface area contributed by atoms with Gasteiger partial charge in [0.1, 0.15) is 11.6 Å². The monoisotopic (exact) mass is 244 g/mol. The minimum absolute atomic E-state index is 0.290. The first-order valence-electron chi connectivity index (χ1n) is 6.62. The molecule has 2 aromatic rings. The van der Waals surface area contributed by atoms with Crippen LogP contribution in [0.1, 0.15) is 32.6 Å². The molecule has 96 valence electrons. The highest BCUT2D eigenvalue weighted by molar-refractivity contribution is 5.63. The van der Waals surface area contributed by atoms with Crippen molar-refractivity contribution in [1.82, 2.24) is 9.55 Å². The van der Waals surface area contributed by atoms with Gasteiger partial charge in [0.05, 0.1) is 5.56 Å². The lowest BCUT2D eigenvalue weighted by Crippen LogP contribution is -1.99. The summed E-state index contributed by atoms with van der Waals surface area (Å²) in [6, 6.07) is 7.35. The second-order valence-electron chi connectivity index (χ2n) is 4.52. The minimum Gasteiger partial charge on any atom is -0.507 e. The predicted octanol–water partition coefficient (Wildman–Crippen LogP) is 3.84. The number of imidazole rings is 1. The average Bonchev–Trinajstić information content (AvgIpc) is 2.83. The zero-order chi connectivity index (χ0) is 12.8. The summed E-state index contributed by atoms with van der Waals surface area (Å²) in [4.78, 5) is 4.35. The van der Waals surface area contributed by atoms with Gasteiger partial charge >= 0.3 is 0 Å². The number of unbranched alkanes of at least 4 members (excludes halogenated alkanes) is 3. The molecule has 3 nitrogen and oxygen atoms in total. The minimum atomic E-state index is 0.290. The van der Waals surface area contributed by atoms with E-state index in [0.29, 0.717) is 5.75 Å². The topological polar surface area (TPSA) is 38.0 Å². The van der Waals surface area contributed by atoms with Crippen molar-refractivity contribution in [2.75, 3.05) is 0 Å². The fraction of sp³-hybridized carbons (Fsp3) is 0.400. The summed E-state index contributed by atoms with van der Waals surface area (Å²) < 4.78 is 2.12. The molecule has 1 N–H and O–H groups in total. The average molecular weight is 244 g/mol. The smallest absolute Gasteiger partial charge is 0.143 e. The van der Waals surface area contributed by atoms with Crippen LogP contribution < -0.4 is 0 Å². The van der Waals surface area contributed by atoms with Crippen molar-refractivity contribution in [3.05, 3.63) is 36.7 Å². The molecule has 1 heterocycles. The molecule has 0 aliphatic carbocycles. The van der Waals surface area contributed by atoms with Crippen LogP contribution >= 0.6 is 0 Å². The lowest BCUT2D eigenvalue weighted by atomic mass is 10.1. The number of aromatic hydroxyl groups is 1. The van der Waals surface area contributed by atoms with E-state index < -0.39 is 0 Å². The fourth-order valence-electron chi connectivity index (χ4n) is 2.11. The van der Waals surface area contributed by atoms with Crippen molar-refractivity contribution in [3.8, 4) is 17.1 Å². The summed E-state index contributed by atoms with van der Waals surface area (Å²) in [6.45, 7) is 3.17. The highest BCUT2D eigenvalue weighted by Gasteiger charge is 2.09. The Labute approximate surface area is 108 Å². The summed E-state index contributed by atoms with van der Waals surface area (Å²) >= 11 is 0. The van der Waals surface area contributed by atoms with E-state index >= 15 is 0 Å². The highest BCUT2D eigenvalue weighted by atomic mass is 16.3. The van der Waals surface area contributed by atoms with E-state index in [2.05, 4.69) is 16.5 Å². The molecule has 3 heteroatoms. The van der Waals surface area contributed by atoms with Gasteiger partial charge in [-0.15, -0.1) is 0 Å². The SMILES string of the molecule is CCCCCCn1ccnc1-c1ccccc1O. The van der Waals surface area contributed by atoms with Gasteiger partial charge in [-0.25, -0.2) is 4.98 Å². The molecule has 0 fully saturated rings. The van der Waals surface area contributed by atoms with Gasteiger partial charge in [-0.2, -0.15) is 0 Å². The van der Waals surface area contributed by atoms with Crippen molar-refractivity contribution in [2.45, 2.75) is 39.2 Å². The lowest BCUT2D eigenvalue weighted by molar-refractivity contribution is 0.476. The molecule has 0 unspecified atom stereocenters. The first-order valence-corrected chi connectivity index (χ1v) is 6.62. The third-order valence-corrected chi connectivity index (χ3v) is 3.11. The van der Waals surface area contributed by atoms with Crippen LogP contribution in [-0.2, 0) is 6.54 Å². The van der Waals surface area contributed by atoms with E-state index in [1.165, 1.54) is 19.3 Å². The Kier molecular flexibility index (Phi) is 4.40. The number of phenols is 1. The zero-order valence-corrected chi connectivity index (χ0v) is 10.8. The first-order chi connectivity index (χ1) is 8.83. The van der Waals surface area contributed by atoms with Crippen LogP contribution in [0.3, 0.4) is 0 Å². The van der Waals surface area contributed by atoms with E-state index in [1.807, 2.05) is 24.4 Å². The number of nitrogens with zero attached hydrogens (tertiary/aromatic N) is 2. The Morgan fingerprint density at radius 2 is 2.00 bits per heavy atom. The van der Waals surface area contributed by atoms with E-state index in [4.69, 9.17) is 0 Å². The number of aromatic nitrogens is 2. The van der Waals surface area contributed by atoms with E-state index in [1.54, 1.807) is 12.3 Å². The fourth-order valence-corrected chi connectivity index (χ4v) is 2.11. The van der Waals surface area contributed by atoms with Crippen LogP contribution in [0, 0.1) is 0 Å². The standard InChI is InChI=1S/C15H20N2O/c1-2-3-4-7-11-17-12-10-16-15(17)13-8-5-6-9-14(13)18/h5-6,8-10,12,18H,2-4,7,11H2,1H3. The largest absolute Gasteiger partial charge is 0.507 e. The van der Waals surface area contributed by atoms with Crippen molar-refractivity contribution in [2.24, 2.45) is 0 Å². The maximum Gasteiger partial charge on any atom is 0.143 e. The molecule has 1 aromatic heterocycles. The van der Waals surface area contributed by atoms with Crippen LogP contribution in [0.2, 0.25) is 0 Å². The van der Waals surface area contributed by atoms with E-state index in [0.717, 1.165) is 24.4 Å². The van der Waals surface area contributed by atoms with Crippen LogP contribution in [-0.4, -0.2) is 14.7 Å². The number of rotatable bonds is 6. The molecule has 0 saturated heterocycles. The van der Waals surface area contributed by atoms with Gasteiger partial charge in [0, 0.05) is 18.9 Å². The maximum atomic E-state index is 9.86. The Balaban J connectivity index is 2.10. The third-order valence-electron chi connectivity index (χ3n) is 3.11. The van der Waals surface area contributed by atoms with Crippen molar-refractivity contribution >= 4 is 0 Å². The van der Waals surface area contributed by atoms with Gasteiger partial charge in [0.25, 0.3) is 0 Å². The van der Waals surface area contributed by atoms with E-state index in [9.17, 15) is 5.11 Å². The molecule has 0 amide bonds. The predicted molar refractivity (Wildman–Crippen MR) is 73.5 cm³/mol. The number of para-hydroxylation sites is 1. The van der Waals surface area contributed by atoms with E-state index in [-0.39, 0.29) is 0 Å². The van der Waals surface area contributed by atoms with Crippen molar-refractivity contribution < 1.29 is 5.11 Å². The first kappa shape index (κ1) is 12.7. The third kappa shape index (κ3) is 2.92. The van der Waals surface area contributed by atoms with Gasteiger partial charge in [0.15, 0.2) is 0 Å². The molecule has 0 aliphatic heterocycles. The maximum absolute atomic E-state index is 9.86. The second kappa shape index (κ2) is 6.24. The Hall–Kier alpha value is -1.77. The van der Waals surface area contributed by atoms with Crippen LogP contribution in [0.4, 0.5) is 0 Å². The number of hydrogen-bond donors (Lipinski definition) is 1. The van der Waals surface area contributed by atoms with Gasteiger partial charge in [-0.1, -0.05) is 38.3 Å². The zero-order valence-electron chi connectivity index (χ0n) is 10.8. The lowest BCUT2D eigenvalue weighted by Gasteiger charge is -2.08. The van der Waals surface area contributed by atoms with Crippen LogP contribution in [0.25, 0.3) is 11.4 Å². The normalized spacial score (nSPS) is 10.7. The number of hydrogen-bond acceptors (Lipinski definition) is 2. The Bertz CT molecular complexity index is 491. The van der Waals surface area contributed by atoms with Crippen LogP contribution in [0.5, 0.6) is 5.75 Å². The van der Waals surface area contributed by atoms with Crippen LogP contribution in [0.15, 0.2) is 36.7 Å². The second-order valence-corrected chi connectivity index (χ2v) is 4.52. The molecule has 0 radical (unpaired) electrons. The summed E-state index contributed by atoms with van der Waals surface area (Å²) in [7, 11) is 0. The molecule has 0 aliphatic rings. The molecule has 0 saturated carbocycles. The summed E-state index contributed by atoms with van der Waals surface area (Å²) in [5, 5.41) is 9.86. The summed E-state index contributed by atoms with van der Waals surface area (Å²) in [5.41, 5.74) is 0.804. The summed E-state index contributed by atoms with van der Waals surface area (Å²) in [6.07, 6.45) is 8.70. The molecule has 0 spiro atoms. The van der Waals surface area contributed by atoms with Gasteiger partial charge in [-0.05, 0) is 18.6 Å². The van der Waals surface area contributed by atoms with Crippen molar-refractivity contribution in [1.29, 1.82) is 0 Å². The molecule has 1 aromatic carbocycles. The molecule has 18 heavy (non-hydrogen) atoms. The molecular formula is C15H20N2O. The Morgan fingerprint density at radius 3 is 2.78 bits per heavy atom. The summed E-state index contributed by atoms with van der Waals surface area (Å²) in [5.74, 6) is 1.14. The number of benzene rings is 1. The quantitative estimate of drug-likeness (QED) is 0.784. The number of aryl methyl sites for hydroxylation is 1. The van der Waals surface area contributed by atoms with Gasteiger partial charge in [0.2, 0.25) is 0 Å². The van der Waals surface area contributed by atoms with Crippen molar-refractivity contribution in [3.63, 3.8) is 0 Å². The molecule has 0 atom stereocenters. The highest BCUT2D eigenvalue weighted by Crippen LogP contribution is 2.27. The molecule has 0 bridgehead atoms. The molecule has 2 rings (SSSR count). The Morgan fingerprint density at radius 1 is 1.17 bits per heavy atom.